The van der Waals surface area contributed by atoms with Crippen molar-refractivity contribution in [1.82, 2.24) is 0 Å². The highest BCUT2D eigenvalue weighted by Crippen LogP contribution is 2.21. The van der Waals surface area contributed by atoms with Crippen LogP contribution in [0.25, 0.3) is 0 Å². The van der Waals surface area contributed by atoms with Crippen LogP contribution in [0.3, 0.4) is 0 Å². The first-order chi connectivity index (χ1) is 10.3. The second kappa shape index (κ2) is 7.41. The molecule has 2 aromatic carbocycles. The molecule has 2 rings (SSSR count). The summed E-state index contributed by atoms with van der Waals surface area (Å²) in [6, 6.07) is 20.2. The van der Waals surface area contributed by atoms with Gasteiger partial charge in [0.25, 0.3) is 0 Å². The molecule has 0 N–H and O–H groups in total. The minimum Gasteiger partial charge on any atom is -0.292 e. The van der Waals surface area contributed by atoms with Crippen molar-refractivity contribution >= 4 is 28.3 Å². The molecule has 0 saturated heterocycles. The van der Waals surface area contributed by atoms with Crippen LogP contribution >= 0.6 is 11.8 Å². The van der Waals surface area contributed by atoms with E-state index in [1.807, 2.05) is 42.7 Å². The molecular weight excluding hydrogens is 280 g/mol. The Hall–Kier alpha value is -2.38. The van der Waals surface area contributed by atoms with Gasteiger partial charge >= 0.3 is 0 Å². The van der Waals surface area contributed by atoms with Crippen LogP contribution in [0, 0.1) is 17.2 Å². The highest BCUT2D eigenvalue weighted by atomic mass is 32.2. The Labute approximate surface area is 128 Å². The van der Waals surface area contributed by atoms with Gasteiger partial charge in [-0.2, -0.15) is 5.26 Å². The van der Waals surface area contributed by atoms with Gasteiger partial charge in [-0.15, -0.1) is 11.8 Å². The molecule has 3 nitrogen and oxygen atoms in total. The summed E-state index contributed by atoms with van der Waals surface area (Å²) in [5, 5.41) is 9.88. The van der Waals surface area contributed by atoms with Gasteiger partial charge in [-0.1, -0.05) is 48.5 Å². The zero-order chi connectivity index (χ0) is 15.1. The van der Waals surface area contributed by atoms with Gasteiger partial charge < -0.3 is 0 Å². The smallest absolute Gasteiger partial charge is 0.186 e. The van der Waals surface area contributed by atoms with E-state index in [2.05, 4.69) is 11.1 Å². The molecule has 0 radical (unpaired) electrons. The van der Waals surface area contributed by atoms with Gasteiger partial charge in [-0.25, -0.2) is 4.99 Å². The number of rotatable bonds is 4. The maximum atomic E-state index is 12.4. The normalized spacial score (nSPS) is 12.5. The molecule has 0 amide bonds. The Morgan fingerprint density at radius 2 is 1.67 bits per heavy atom. The van der Waals surface area contributed by atoms with Gasteiger partial charge in [0.05, 0.1) is 16.8 Å². The molecule has 0 spiro atoms. The monoisotopic (exact) mass is 294 g/mol. The molecule has 0 aliphatic heterocycles. The van der Waals surface area contributed by atoms with Crippen LogP contribution in [-0.4, -0.2) is 17.1 Å². The van der Waals surface area contributed by atoms with E-state index < -0.39 is 5.92 Å². The molecule has 1 unspecified atom stereocenters. The topological polar surface area (TPSA) is 53.2 Å². The standard InChI is InChI=1S/C17H14N2OS/c1-21-17(19-14-10-6-3-7-11-14)15(12-18)16(20)13-8-4-2-5-9-13/h2-11,15H,1H3. The van der Waals surface area contributed by atoms with Crippen molar-refractivity contribution in [2.75, 3.05) is 6.26 Å². The predicted molar refractivity (Wildman–Crippen MR) is 86.9 cm³/mol. The van der Waals surface area contributed by atoms with E-state index >= 15 is 0 Å². The van der Waals surface area contributed by atoms with E-state index in [4.69, 9.17) is 0 Å². The number of para-hydroxylation sites is 1. The largest absolute Gasteiger partial charge is 0.292 e. The van der Waals surface area contributed by atoms with E-state index in [-0.39, 0.29) is 5.78 Å². The maximum Gasteiger partial charge on any atom is 0.186 e. The van der Waals surface area contributed by atoms with Crippen molar-refractivity contribution in [2.24, 2.45) is 10.9 Å². The zero-order valence-electron chi connectivity index (χ0n) is 11.6. The number of thioether (sulfide) groups is 1. The van der Waals surface area contributed by atoms with Gasteiger partial charge in [0.15, 0.2) is 11.7 Å². The van der Waals surface area contributed by atoms with E-state index in [1.165, 1.54) is 11.8 Å². The van der Waals surface area contributed by atoms with Crippen LogP contribution in [0.15, 0.2) is 65.7 Å². The second-order valence-corrected chi connectivity index (χ2v) is 5.11. The molecule has 0 aliphatic carbocycles. The molecule has 0 saturated carbocycles. The van der Waals surface area contributed by atoms with Crippen molar-refractivity contribution in [2.45, 2.75) is 0 Å². The van der Waals surface area contributed by atoms with Crippen molar-refractivity contribution in [3.63, 3.8) is 0 Å². The van der Waals surface area contributed by atoms with Crippen LogP contribution in [0.4, 0.5) is 5.69 Å². The molecule has 0 heterocycles. The number of nitrogens with zero attached hydrogens (tertiary/aromatic N) is 2. The summed E-state index contributed by atoms with van der Waals surface area (Å²) < 4.78 is 0. The van der Waals surface area contributed by atoms with Gasteiger partial charge in [0, 0.05) is 5.56 Å². The average molecular weight is 294 g/mol. The molecule has 0 fully saturated rings. The van der Waals surface area contributed by atoms with Crippen LogP contribution in [-0.2, 0) is 0 Å². The summed E-state index contributed by atoms with van der Waals surface area (Å²) in [6.45, 7) is 0. The first kappa shape index (κ1) is 15.0. The number of nitriles is 1. The Balaban J connectivity index is 2.33. The van der Waals surface area contributed by atoms with Gasteiger partial charge in [0.2, 0.25) is 0 Å². The minimum atomic E-state index is -0.873. The fourth-order valence-electron chi connectivity index (χ4n) is 1.85. The molecule has 21 heavy (non-hydrogen) atoms. The van der Waals surface area contributed by atoms with Gasteiger partial charge in [-0.05, 0) is 18.4 Å². The number of aliphatic imine (C=N–C) groups is 1. The number of carbonyl (C=O) groups is 1. The van der Waals surface area contributed by atoms with Crippen molar-refractivity contribution in [1.29, 1.82) is 5.26 Å². The van der Waals surface area contributed by atoms with E-state index in [0.29, 0.717) is 10.6 Å². The molecule has 0 aliphatic rings. The van der Waals surface area contributed by atoms with Gasteiger partial charge in [-0.3, -0.25) is 4.79 Å². The fourth-order valence-corrected chi connectivity index (χ4v) is 2.45. The lowest BCUT2D eigenvalue weighted by Crippen LogP contribution is -2.20. The third-order valence-electron chi connectivity index (χ3n) is 2.90. The Kier molecular flexibility index (Phi) is 5.30. The number of Topliss-reactive ketones (excluding diaryl/α,β-unsaturated/α-hetero) is 1. The summed E-state index contributed by atoms with van der Waals surface area (Å²) >= 11 is 1.33. The molecule has 104 valence electrons. The molecular formula is C17H14N2OS. The maximum absolute atomic E-state index is 12.4. The lowest BCUT2D eigenvalue weighted by atomic mass is 10.00. The number of hydrogen-bond acceptors (Lipinski definition) is 4. The Morgan fingerprint density at radius 3 is 2.19 bits per heavy atom. The van der Waals surface area contributed by atoms with Crippen molar-refractivity contribution < 1.29 is 4.79 Å². The van der Waals surface area contributed by atoms with Crippen molar-refractivity contribution in [3.8, 4) is 6.07 Å². The number of benzene rings is 2. The molecule has 0 aromatic heterocycles. The first-order valence-corrected chi connectivity index (χ1v) is 7.65. The zero-order valence-corrected chi connectivity index (χ0v) is 12.4. The molecule has 1 atom stereocenters. The number of carbonyl (C=O) groups excluding carboxylic acids is 1. The highest BCUT2D eigenvalue weighted by Gasteiger charge is 2.25. The molecule has 4 heteroatoms. The molecule has 2 aromatic rings. The van der Waals surface area contributed by atoms with Crippen molar-refractivity contribution in [3.05, 3.63) is 66.2 Å². The quantitative estimate of drug-likeness (QED) is 0.484. The predicted octanol–water partition coefficient (Wildman–Crippen LogP) is 4.10. The molecule has 0 bridgehead atoms. The van der Waals surface area contributed by atoms with Crippen LogP contribution in [0.1, 0.15) is 10.4 Å². The summed E-state index contributed by atoms with van der Waals surface area (Å²) in [4.78, 5) is 16.9. The lowest BCUT2D eigenvalue weighted by molar-refractivity contribution is 0.0976. The second-order valence-electron chi connectivity index (χ2n) is 4.28. The van der Waals surface area contributed by atoms with Gasteiger partial charge in [0.1, 0.15) is 0 Å². The summed E-state index contributed by atoms with van der Waals surface area (Å²) in [6.07, 6.45) is 1.82. The fraction of sp³-hybridized carbons (Fsp3) is 0.118. The Bertz CT molecular complexity index is 675. The highest BCUT2D eigenvalue weighted by molar-refractivity contribution is 8.13. The third-order valence-corrected chi connectivity index (χ3v) is 3.65. The van der Waals surface area contributed by atoms with Crippen LogP contribution in [0.5, 0.6) is 0 Å². The SMILES string of the molecule is CSC(=Nc1ccccc1)C(C#N)C(=O)c1ccccc1. The number of ketones is 1. The average Bonchev–Trinajstić information content (AvgIpc) is 2.56. The van der Waals surface area contributed by atoms with Crippen LogP contribution in [0.2, 0.25) is 0 Å². The summed E-state index contributed by atoms with van der Waals surface area (Å²) in [5.74, 6) is -1.09. The van der Waals surface area contributed by atoms with E-state index in [0.717, 1.165) is 5.69 Å². The minimum absolute atomic E-state index is 0.220. The third kappa shape index (κ3) is 3.80. The van der Waals surface area contributed by atoms with E-state index in [9.17, 15) is 10.1 Å². The lowest BCUT2D eigenvalue weighted by Gasteiger charge is -2.10. The summed E-state index contributed by atoms with van der Waals surface area (Å²) in [5.41, 5.74) is 1.27. The first-order valence-electron chi connectivity index (χ1n) is 6.42. The van der Waals surface area contributed by atoms with E-state index in [1.54, 1.807) is 24.3 Å². The summed E-state index contributed by atoms with van der Waals surface area (Å²) in [7, 11) is 0. The number of hydrogen-bond donors (Lipinski definition) is 0. The van der Waals surface area contributed by atoms with Crippen LogP contribution < -0.4 is 0 Å². The Morgan fingerprint density at radius 1 is 1.10 bits per heavy atom.